The zero-order valence-corrected chi connectivity index (χ0v) is 12.0. The summed E-state index contributed by atoms with van der Waals surface area (Å²) in [5.41, 5.74) is 4.22. The topological polar surface area (TPSA) is 26.5 Å². The first kappa shape index (κ1) is 13.2. The fourth-order valence-electron chi connectivity index (χ4n) is 2.25. The molecule has 0 fully saturated rings. The number of halogens is 1. The lowest BCUT2D eigenvalue weighted by molar-refractivity contribution is 0.202. The zero-order chi connectivity index (χ0) is 13.9. The average Bonchev–Trinajstić information content (AvgIpc) is 2.91. The van der Waals surface area contributed by atoms with Crippen LogP contribution in [0.2, 0.25) is 5.02 Å². The van der Waals surface area contributed by atoms with Crippen LogP contribution in [-0.4, -0.2) is 23.1 Å². The SMILES string of the molecule is COCCc1ccc(-c2cnc3c(Cl)cccn23)cc1. The lowest BCUT2D eigenvalue weighted by atomic mass is 10.1. The second-order valence-electron chi connectivity index (χ2n) is 4.63. The largest absolute Gasteiger partial charge is 0.384 e. The minimum absolute atomic E-state index is 0.662. The number of methoxy groups -OCH3 is 1. The molecule has 0 aliphatic heterocycles. The van der Waals surface area contributed by atoms with Crippen molar-refractivity contribution in [3.05, 3.63) is 59.4 Å². The Morgan fingerprint density at radius 2 is 2.00 bits per heavy atom. The maximum Gasteiger partial charge on any atom is 0.156 e. The Balaban J connectivity index is 1.97. The molecule has 0 N–H and O–H groups in total. The molecule has 0 unspecified atom stereocenters. The van der Waals surface area contributed by atoms with Crippen LogP contribution in [0.25, 0.3) is 16.9 Å². The van der Waals surface area contributed by atoms with E-state index >= 15 is 0 Å². The number of nitrogens with zero attached hydrogens (tertiary/aromatic N) is 2. The van der Waals surface area contributed by atoms with Crippen molar-refractivity contribution in [1.82, 2.24) is 9.38 Å². The van der Waals surface area contributed by atoms with Crippen molar-refractivity contribution in [3.8, 4) is 11.3 Å². The van der Waals surface area contributed by atoms with E-state index in [1.54, 1.807) is 7.11 Å². The molecule has 0 aliphatic rings. The first-order valence-corrected chi connectivity index (χ1v) is 6.87. The molecule has 2 heterocycles. The summed E-state index contributed by atoms with van der Waals surface area (Å²) in [5.74, 6) is 0. The Morgan fingerprint density at radius 3 is 2.75 bits per heavy atom. The minimum atomic E-state index is 0.662. The molecule has 3 nitrogen and oxygen atoms in total. The van der Waals surface area contributed by atoms with Gasteiger partial charge in [0, 0.05) is 18.9 Å². The molecule has 0 saturated carbocycles. The normalized spacial score (nSPS) is 11.1. The van der Waals surface area contributed by atoms with Crippen LogP contribution < -0.4 is 0 Å². The summed E-state index contributed by atoms with van der Waals surface area (Å²) < 4.78 is 7.10. The highest BCUT2D eigenvalue weighted by Gasteiger charge is 2.07. The quantitative estimate of drug-likeness (QED) is 0.728. The van der Waals surface area contributed by atoms with Crippen molar-refractivity contribution in [1.29, 1.82) is 0 Å². The molecule has 4 heteroatoms. The summed E-state index contributed by atoms with van der Waals surface area (Å²) in [6.07, 6.45) is 4.75. The molecular weight excluding hydrogens is 272 g/mol. The number of hydrogen-bond acceptors (Lipinski definition) is 2. The zero-order valence-electron chi connectivity index (χ0n) is 11.2. The second kappa shape index (κ2) is 5.65. The maximum atomic E-state index is 6.14. The predicted molar refractivity (Wildman–Crippen MR) is 81.2 cm³/mol. The van der Waals surface area contributed by atoms with E-state index in [2.05, 4.69) is 29.2 Å². The van der Waals surface area contributed by atoms with Gasteiger partial charge in [0.05, 0.1) is 23.5 Å². The molecule has 2 aromatic heterocycles. The first-order valence-electron chi connectivity index (χ1n) is 6.49. The first-order chi connectivity index (χ1) is 9.79. The molecule has 0 amide bonds. The smallest absolute Gasteiger partial charge is 0.156 e. The van der Waals surface area contributed by atoms with Gasteiger partial charge >= 0.3 is 0 Å². The van der Waals surface area contributed by atoms with E-state index in [1.807, 2.05) is 28.9 Å². The molecule has 0 radical (unpaired) electrons. The van der Waals surface area contributed by atoms with Crippen molar-refractivity contribution in [3.63, 3.8) is 0 Å². The van der Waals surface area contributed by atoms with Crippen LogP contribution in [0.15, 0.2) is 48.8 Å². The van der Waals surface area contributed by atoms with Gasteiger partial charge in [0.15, 0.2) is 5.65 Å². The highest BCUT2D eigenvalue weighted by atomic mass is 35.5. The van der Waals surface area contributed by atoms with E-state index in [0.29, 0.717) is 5.02 Å². The molecule has 0 saturated heterocycles. The van der Waals surface area contributed by atoms with Gasteiger partial charge < -0.3 is 4.74 Å². The van der Waals surface area contributed by atoms with Crippen LogP contribution >= 0.6 is 11.6 Å². The Labute approximate surface area is 122 Å². The lowest BCUT2D eigenvalue weighted by Gasteiger charge is -2.05. The van der Waals surface area contributed by atoms with E-state index in [0.717, 1.165) is 29.9 Å². The van der Waals surface area contributed by atoms with Crippen LogP contribution in [0.1, 0.15) is 5.56 Å². The van der Waals surface area contributed by atoms with Gasteiger partial charge in [-0.3, -0.25) is 4.40 Å². The Morgan fingerprint density at radius 1 is 1.20 bits per heavy atom. The van der Waals surface area contributed by atoms with Crippen LogP contribution in [0.4, 0.5) is 0 Å². The molecule has 0 atom stereocenters. The third kappa shape index (κ3) is 2.42. The van der Waals surface area contributed by atoms with Gasteiger partial charge in [-0.1, -0.05) is 35.9 Å². The van der Waals surface area contributed by atoms with Gasteiger partial charge in [0.2, 0.25) is 0 Å². The van der Waals surface area contributed by atoms with Gasteiger partial charge in [0.25, 0.3) is 0 Å². The van der Waals surface area contributed by atoms with Crippen molar-refractivity contribution in [2.24, 2.45) is 0 Å². The molecule has 0 bridgehead atoms. The highest BCUT2D eigenvalue weighted by Crippen LogP contribution is 2.24. The molecule has 0 spiro atoms. The summed E-state index contributed by atoms with van der Waals surface area (Å²) in [7, 11) is 1.72. The third-order valence-corrected chi connectivity index (χ3v) is 3.63. The highest BCUT2D eigenvalue weighted by molar-refractivity contribution is 6.33. The average molecular weight is 287 g/mol. The minimum Gasteiger partial charge on any atom is -0.384 e. The summed E-state index contributed by atoms with van der Waals surface area (Å²) >= 11 is 6.14. The van der Waals surface area contributed by atoms with E-state index in [4.69, 9.17) is 16.3 Å². The molecule has 102 valence electrons. The molecule has 20 heavy (non-hydrogen) atoms. The van der Waals surface area contributed by atoms with Gasteiger partial charge in [-0.05, 0) is 24.1 Å². The van der Waals surface area contributed by atoms with E-state index in [1.165, 1.54) is 5.56 Å². The van der Waals surface area contributed by atoms with E-state index in [-0.39, 0.29) is 0 Å². The number of rotatable bonds is 4. The second-order valence-corrected chi connectivity index (χ2v) is 5.04. The third-order valence-electron chi connectivity index (χ3n) is 3.33. The number of ether oxygens (including phenoxy) is 1. The number of pyridine rings is 1. The Bertz CT molecular complexity index is 719. The van der Waals surface area contributed by atoms with Crippen molar-refractivity contribution >= 4 is 17.2 Å². The fourth-order valence-corrected chi connectivity index (χ4v) is 2.46. The van der Waals surface area contributed by atoms with Crippen LogP contribution in [0.5, 0.6) is 0 Å². The molecular formula is C16H15ClN2O. The summed E-state index contributed by atoms with van der Waals surface area (Å²) in [6, 6.07) is 12.2. The van der Waals surface area contributed by atoms with Crippen LogP contribution in [-0.2, 0) is 11.2 Å². The van der Waals surface area contributed by atoms with E-state index in [9.17, 15) is 0 Å². The molecule has 3 aromatic rings. The number of hydrogen-bond donors (Lipinski definition) is 0. The fraction of sp³-hybridized carbons (Fsp3) is 0.188. The maximum absolute atomic E-state index is 6.14. The number of fused-ring (bicyclic) bond motifs is 1. The van der Waals surface area contributed by atoms with Crippen LogP contribution in [0.3, 0.4) is 0 Å². The lowest BCUT2D eigenvalue weighted by Crippen LogP contribution is -1.94. The predicted octanol–water partition coefficient (Wildman–Crippen LogP) is 3.84. The Kier molecular flexibility index (Phi) is 3.72. The van der Waals surface area contributed by atoms with Gasteiger partial charge in [-0.15, -0.1) is 0 Å². The van der Waals surface area contributed by atoms with Crippen molar-refractivity contribution in [2.75, 3.05) is 13.7 Å². The summed E-state index contributed by atoms with van der Waals surface area (Å²) in [6.45, 7) is 0.741. The molecule has 1 aromatic carbocycles. The standard InChI is InChI=1S/C16H15ClN2O/c1-20-10-8-12-4-6-13(7-5-12)15-11-18-16-14(17)3-2-9-19(15)16/h2-7,9,11H,8,10H2,1H3. The Hall–Kier alpha value is -1.84. The monoisotopic (exact) mass is 286 g/mol. The van der Waals surface area contributed by atoms with E-state index < -0.39 is 0 Å². The summed E-state index contributed by atoms with van der Waals surface area (Å²) in [4.78, 5) is 4.38. The van der Waals surface area contributed by atoms with Crippen molar-refractivity contribution in [2.45, 2.75) is 6.42 Å². The molecule has 0 aliphatic carbocycles. The van der Waals surface area contributed by atoms with Gasteiger partial charge in [-0.25, -0.2) is 4.98 Å². The number of imidazole rings is 1. The van der Waals surface area contributed by atoms with Gasteiger partial charge in [-0.2, -0.15) is 0 Å². The number of benzene rings is 1. The van der Waals surface area contributed by atoms with Crippen molar-refractivity contribution < 1.29 is 4.74 Å². The number of aromatic nitrogens is 2. The van der Waals surface area contributed by atoms with Gasteiger partial charge in [0.1, 0.15) is 0 Å². The molecule has 3 rings (SSSR count). The van der Waals surface area contributed by atoms with Crippen LogP contribution in [0, 0.1) is 0 Å². The summed E-state index contributed by atoms with van der Waals surface area (Å²) in [5, 5.41) is 0.662.